The van der Waals surface area contributed by atoms with Gasteiger partial charge in [-0.2, -0.15) is 0 Å². The van der Waals surface area contributed by atoms with E-state index in [1.807, 2.05) is 6.07 Å². The zero-order valence-electron chi connectivity index (χ0n) is 9.97. The largest absolute Gasteiger partial charge is 0.481 e. The Morgan fingerprint density at radius 1 is 1.39 bits per heavy atom. The molecule has 0 aliphatic carbocycles. The summed E-state index contributed by atoms with van der Waals surface area (Å²) < 4.78 is 0. The lowest BCUT2D eigenvalue weighted by atomic mass is 9.87. The molecule has 4 nitrogen and oxygen atoms in total. The van der Waals surface area contributed by atoms with E-state index >= 15 is 0 Å². The van der Waals surface area contributed by atoms with Crippen molar-refractivity contribution in [1.82, 2.24) is 0 Å². The Hall–Kier alpha value is -1.49. The highest BCUT2D eigenvalue weighted by molar-refractivity contribution is 7.99. The Morgan fingerprint density at radius 2 is 2.11 bits per heavy atom. The van der Waals surface area contributed by atoms with Crippen LogP contribution in [0.25, 0.3) is 0 Å². The molecule has 0 saturated heterocycles. The molecule has 5 heteroatoms. The van der Waals surface area contributed by atoms with Crippen molar-refractivity contribution in [3.8, 4) is 0 Å². The van der Waals surface area contributed by atoms with Crippen molar-refractivity contribution >= 4 is 23.7 Å². The predicted molar refractivity (Wildman–Crippen MR) is 68.5 cm³/mol. The van der Waals surface area contributed by atoms with Crippen LogP contribution in [0.2, 0.25) is 0 Å². The van der Waals surface area contributed by atoms with E-state index in [0.29, 0.717) is 17.5 Å². The molecule has 18 heavy (non-hydrogen) atoms. The first-order chi connectivity index (χ1) is 8.50. The maximum atomic E-state index is 11.4. The maximum absolute atomic E-state index is 11.4. The quantitative estimate of drug-likeness (QED) is 0.879. The van der Waals surface area contributed by atoms with Gasteiger partial charge in [0, 0.05) is 4.90 Å². The van der Waals surface area contributed by atoms with Crippen molar-refractivity contribution < 1.29 is 19.8 Å². The summed E-state index contributed by atoms with van der Waals surface area (Å²) in [6, 6.07) is 3.69. The lowest BCUT2D eigenvalue weighted by molar-refractivity contribution is -0.137. The topological polar surface area (TPSA) is 74.6 Å². The van der Waals surface area contributed by atoms with Gasteiger partial charge in [0.2, 0.25) is 0 Å². The number of hydrogen-bond acceptors (Lipinski definition) is 3. The van der Waals surface area contributed by atoms with E-state index in [-0.39, 0.29) is 17.9 Å². The molecule has 1 atom stereocenters. The molecule has 2 rings (SSSR count). The summed E-state index contributed by atoms with van der Waals surface area (Å²) in [6.45, 7) is 1.75. The van der Waals surface area contributed by atoms with Gasteiger partial charge < -0.3 is 10.2 Å². The average Bonchev–Trinajstić information content (AvgIpc) is 2.28. The van der Waals surface area contributed by atoms with E-state index in [9.17, 15) is 14.7 Å². The third-order valence-electron chi connectivity index (χ3n) is 3.18. The Labute approximate surface area is 109 Å². The van der Waals surface area contributed by atoms with Crippen LogP contribution in [0.3, 0.4) is 0 Å². The monoisotopic (exact) mass is 266 g/mol. The normalized spacial score (nSPS) is 18.2. The number of rotatable bonds is 3. The van der Waals surface area contributed by atoms with Gasteiger partial charge in [-0.3, -0.25) is 4.79 Å². The number of carbonyl (C=O) groups is 2. The molecular weight excluding hydrogens is 252 g/mol. The van der Waals surface area contributed by atoms with Crippen molar-refractivity contribution in [2.45, 2.75) is 30.6 Å². The van der Waals surface area contributed by atoms with Gasteiger partial charge in [0.1, 0.15) is 0 Å². The Bertz CT molecular complexity index is 510. The number of thioether (sulfide) groups is 1. The van der Waals surface area contributed by atoms with Crippen LogP contribution in [-0.4, -0.2) is 27.9 Å². The summed E-state index contributed by atoms with van der Waals surface area (Å²) >= 11 is 1.60. The second kappa shape index (κ2) is 5.02. The van der Waals surface area contributed by atoms with Crippen molar-refractivity contribution in [2.24, 2.45) is 0 Å². The number of hydrogen-bond donors (Lipinski definition) is 2. The van der Waals surface area contributed by atoms with Gasteiger partial charge >= 0.3 is 11.9 Å². The molecule has 0 fully saturated rings. The molecule has 0 bridgehead atoms. The summed E-state index contributed by atoms with van der Waals surface area (Å²) in [5, 5.41) is 18.3. The second-order valence-electron chi connectivity index (χ2n) is 4.41. The molecule has 0 aromatic heterocycles. The van der Waals surface area contributed by atoms with E-state index in [2.05, 4.69) is 0 Å². The van der Waals surface area contributed by atoms with Gasteiger partial charge in [0.25, 0.3) is 0 Å². The first kappa shape index (κ1) is 13.0. The van der Waals surface area contributed by atoms with Crippen molar-refractivity contribution in [3.63, 3.8) is 0 Å². The summed E-state index contributed by atoms with van der Waals surface area (Å²) in [5.41, 5.74) is 1.69. The molecule has 2 N–H and O–H groups in total. The van der Waals surface area contributed by atoms with Crippen molar-refractivity contribution in [2.75, 3.05) is 5.75 Å². The number of fused-ring (bicyclic) bond motifs is 1. The smallest absolute Gasteiger partial charge is 0.336 e. The van der Waals surface area contributed by atoms with Crippen LogP contribution >= 0.6 is 11.8 Å². The highest BCUT2D eigenvalue weighted by atomic mass is 32.2. The molecule has 0 amide bonds. The molecule has 1 aliphatic heterocycles. The van der Waals surface area contributed by atoms with Crippen LogP contribution in [0, 0.1) is 6.92 Å². The van der Waals surface area contributed by atoms with Gasteiger partial charge in [0.15, 0.2) is 0 Å². The maximum Gasteiger partial charge on any atom is 0.336 e. The fraction of sp³-hybridized carbons (Fsp3) is 0.385. The molecule has 1 aromatic rings. The molecule has 1 unspecified atom stereocenters. The molecule has 0 radical (unpaired) electrons. The molecule has 1 heterocycles. The first-order valence-electron chi connectivity index (χ1n) is 5.72. The van der Waals surface area contributed by atoms with E-state index < -0.39 is 11.9 Å². The predicted octanol–water partition coefficient (Wildman–Crippen LogP) is 2.75. The van der Waals surface area contributed by atoms with E-state index in [4.69, 9.17) is 5.11 Å². The summed E-state index contributed by atoms with van der Waals surface area (Å²) in [5.74, 6) is -1.20. The number of aromatic carboxylic acids is 1. The molecule has 0 spiro atoms. The van der Waals surface area contributed by atoms with Crippen LogP contribution in [0.5, 0.6) is 0 Å². The van der Waals surface area contributed by atoms with Crippen LogP contribution in [-0.2, 0) is 4.79 Å². The molecule has 96 valence electrons. The zero-order valence-corrected chi connectivity index (χ0v) is 10.8. The minimum absolute atomic E-state index is 0.00269. The third-order valence-corrected chi connectivity index (χ3v) is 4.29. The van der Waals surface area contributed by atoms with Gasteiger partial charge in [0.05, 0.1) is 12.0 Å². The Morgan fingerprint density at radius 3 is 2.72 bits per heavy atom. The van der Waals surface area contributed by atoms with Gasteiger partial charge in [-0.05, 0) is 42.2 Å². The van der Waals surface area contributed by atoms with E-state index in [0.717, 1.165) is 10.6 Å². The Kier molecular flexibility index (Phi) is 3.61. The van der Waals surface area contributed by atoms with Gasteiger partial charge in [-0.25, -0.2) is 4.79 Å². The minimum Gasteiger partial charge on any atom is -0.481 e. The van der Waals surface area contributed by atoms with E-state index in [1.165, 1.54) is 0 Å². The van der Waals surface area contributed by atoms with Crippen molar-refractivity contribution in [3.05, 3.63) is 28.8 Å². The standard InChI is InChI=1S/C13H14O4S/c1-7-2-3-9-12(11(7)13(16)17)8(4-5-18-9)6-10(14)15/h2-3,8H,4-6H2,1H3,(H,14,15)(H,16,17). The molecule has 1 aromatic carbocycles. The van der Waals surface area contributed by atoms with Crippen LogP contribution in [0.15, 0.2) is 17.0 Å². The zero-order chi connectivity index (χ0) is 13.3. The third kappa shape index (κ3) is 2.36. The summed E-state index contributed by atoms with van der Waals surface area (Å²) in [6.07, 6.45) is 0.713. The fourth-order valence-electron chi connectivity index (χ4n) is 2.39. The lowest BCUT2D eigenvalue weighted by Gasteiger charge is -2.26. The minimum atomic E-state index is -0.970. The number of benzene rings is 1. The van der Waals surface area contributed by atoms with Crippen LogP contribution in [0.1, 0.15) is 40.2 Å². The second-order valence-corrected chi connectivity index (χ2v) is 5.54. The van der Waals surface area contributed by atoms with Crippen LogP contribution < -0.4 is 0 Å². The Balaban J connectivity index is 2.55. The molecule has 1 aliphatic rings. The first-order valence-corrected chi connectivity index (χ1v) is 6.70. The number of carboxylic acid groups (broad SMARTS) is 2. The number of aliphatic carboxylic acids is 1. The van der Waals surface area contributed by atoms with Crippen molar-refractivity contribution in [1.29, 1.82) is 0 Å². The average molecular weight is 266 g/mol. The lowest BCUT2D eigenvalue weighted by Crippen LogP contribution is -2.17. The molecule has 0 saturated carbocycles. The SMILES string of the molecule is Cc1ccc2c(c1C(=O)O)C(CC(=O)O)CCS2. The number of aryl methyl sites for hydroxylation is 1. The number of carboxylic acids is 2. The fourth-order valence-corrected chi connectivity index (χ4v) is 3.61. The highest BCUT2D eigenvalue weighted by Crippen LogP contribution is 2.42. The highest BCUT2D eigenvalue weighted by Gasteiger charge is 2.28. The van der Waals surface area contributed by atoms with Gasteiger partial charge in [-0.1, -0.05) is 6.07 Å². The van der Waals surface area contributed by atoms with E-state index in [1.54, 1.807) is 24.8 Å². The molecular formula is C13H14O4S. The van der Waals surface area contributed by atoms with Gasteiger partial charge in [-0.15, -0.1) is 11.8 Å². The summed E-state index contributed by atoms with van der Waals surface area (Å²) in [4.78, 5) is 23.2. The van der Waals surface area contributed by atoms with Crippen LogP contribution in [0.4, 0.5) is 0 Å². The summed E-state index contributed by atoms with van der Waals surface area (Å²) in [7, 11) is 0.